The van der Waals surface area contributed by atoms with Gasteiger partial charge in [0.2, 0.25) is 0 Å². The summed E-state index contributed by atoms with van der Waals surface area (Å²) in [7, 11) is 0. The molecular formula is C19H14F3N3O3. The van der Waals surface area contributed by atoms with Gasteiger partial charge < -0.3 is 14.5 Å². The molecule has 0 saturated carbocycles. The number of aromatic carboxylic acids is 1. The van der Waals surface area contributed by atoms with Crippen LogP contribution in [0.5, 0.6) is 0 Å². The molecule has 0 spiro atoms. The van der Waals surface area contributed by atoms with Crippen LogP contribution in [-0.4, -0.2) is 27.8 Å². The number of nitrogens with zero attached hydrogens (tertiary/aromatic N) is 3. The van der Waals surface area contributed by atoms with E-state index in [2.05, 4.69) is 10.1 Å². The summed E-state index contributed by atoms with van der Waals surface area (Å²) in [6.45, 7) is 0.790. The van der Waals surface area contributed by atoms with Crippen LogP contribution in [0, 0.1) is 0 Å². The number of carboxylic acid groups (broad SMARTS) is 1. The van der Waals surface area contributed by atoms with Gasteiger partial charge in [-0.05, 0) is 24.3 Å². The Hall–Kier alpha value is -3.36. The first-order valence-electron chi connectivity index (χ1n) is 8.43. The summed E-state index contributed by atoms with van der Waals surface area (Å²) >= 11 is 0. The van der Waals surface area contributed by atoms with Gasteiger partial charge in [-0.3, -0.25) is 0 Å². The van der Waals surface area contributed by atoms with Crippen LogP contribution < -0.4 is 4.90 Å². The summed E-state index contributed by atoms with van der Waals surface area (Å²) in [6.07, 6.45) is -2.41. The highest BCUT2D eigenvalue weighted by Gasteiger charge is 2.31. The molecule has 3 aromatic rings. The van der Waals surface area contributed by atoms with Crippen LogP contribution in [-0.2, 0) is 19.1 Å². The van der Waals surface area contributed by atoms with E-state index < -0.39 is 17.7 Å². The fourth-order valence-corrected chi connectivity index (χ4v) is 3.25. The van der Waals surface area contributed by atoms with Crippen molar-refractivity contribution in [2.75, 3.05) is 11.4 Å². The second-order valence-corrected chi connectivity index (χ2v) is 6.36. The molecule has 1 aromatic carbocycles. The predicted octanol–water partition coefficient (Wildman–Crippen LogP) is 4.02. The fraction of sp³-hybridized carbons (Fsp3) is 0.211. The molecule has 28 heavy (non-hydrogen) atoms. The first-order valence-corrected chi connectivity index (χ1v) is 8.43. The Balaban J connectivity index is 1.67. The highest BCUT2D eigenvalue weighted by molar-refractivity contribution is 5.93. The molecule has 0 atom stereocenters. The topological polar surface area (TPSA) is 79.5 Å². The van der Waals surface area contributed by atoms with Crippen LogP contribution >= 0.6 is 0 Å². The zero-order valence-corrected chi connectivity index (χ0v) is 14.4. The van der Waals surface area contributed by atoms with Crippen LogP contribution in [0.3, 0.4) is 0 Å². The Labute approximate surface area is 157 Å². The van der Waals surface area contributed by atoms with Gasteiger partial charge >= 0.3 is 12.1 Å². The summed E-state index contributed by atoms with van der Waals surface area (Å²) in [5.74, 6) is -0.110. The van der Waals surface area contributed by atoms with E-state index in [0.29, 0.717) is 47.9 Å². The summed E-state index contributed by atoms with van der Waals surface area (Å²) in [6, 6.07) is 7.73. The number of aromatic nitrogens is 2. The van der Waals surface area contributed by atoms with Crippen molar-refractivity contribution >= 4 is 11.8 Å². The van der Waals surface area contributed by atoms with Crippen LogP contribution in [0.1, 0.15) is 27.2 Å². The molecule has 0 unspecified atom stereocenters. The van der Waals surface area contributed by atoms with Crippen molar-refractivity contribution in [2.24, 2.45) is 0 Å². The number of pyridine rings is 1. The minimum Gasteiger partial charge on any atom is -0.478 e. The molecule has 4 rings (SSSR count). The number of carboxylic acids is 1. The number of fused-ring (bicyclic) bond motifs is 1. The van der Waals surface area contributed by atoms with E-state index in [1.807, 2.05) is 0 Å². The lowest BCUT2D eigenvalue weighted by Gasteiger charge is -2.28. The molecule has 144 valence electrons. The molecule has 1 aliphatic heterocycles. The van der Waals surface area contributed by atoms with E-state index in [-0.39, 0.29) is 5.56 Å². The van der Waals surface area contributed by atoms with Gasteiger partial charge in [-0.15, -0.1) is 0 Å². The normalized spacial score (nSPS) is 14.0. The maximum Gasteiger partial charge on any atom is 0.416 e. The molecular weight excluding hydrogens is 375 g/mol. The lowest BCUT2D eigenvalue weighted by molar-refractivity contribution is -0.137. The van der Waals surface area contributed by atoms with Crippen molar-refractivity contribution in [1.29, 1.82) is 0 Å². The standard InChI is InChI=1S/C19H14F3N3O3/c20-19(21,22)12-5-3-11(4-6-12)16-14-10-25(9-7-15(14)28-24-16)17-13(18(26)27)2-1-8-23-17/h1-6,8H,7,9-10H2,(H,26,27). The van der Waals surface area contributed by atoms with E-state index in [9.17, 15) is 23.1 Å². The number of anilines is 1. The van der Waals surface area contributed by atoms with Crippen LogP contribution in [0.4, 0.5) is 19.0 Å². The van der Waals surface area contributed by atoms with Crippen molar-refractivity contribution in [2.45, 2.75) is 19.1 Å². The maximum atomic E-state index is 12.8. The second kappa shape index (κ2) is 6.66. The Morgan fingerprint density at radius 1 is 1.18 bits per heavy atom. The predicted molar refractivity (Wildman–Crippen MR) is 92.9 cm³/mol. The summed E-state index contributed by atoms with van der Waals surface area (Å²) < 4.78 is 43.7. The second-order valence-electron chi connectivity index (χ2n) is 6.36. The zero-order chi connectivity index (χ0) is 19.9. The molecule has 1 N–H and O–H groups in total. The van der Waals surface area contributed by atoms with Crippen molar-refractivity contribution in [1.82, 2.24) is 10.1 Å². The molecule has 0 amide bonds. The van der Waals surface area contributed by atoms with Crippen LogP contribution in [0.2, 0.25) is 0 Å². The highest BCUT2D eigenvalue weighted by atomic mass is 19.4. The number of halogens is 3. The van der Waals surface area contributed by atoms with Gasteiger partial charge in [0.15, 0.2) is 0 Å². The van der Waals surface area contributed by atoms with E-state index in [0.717, 1.165) is 12.1 Å². The molecule has 0 aliphatic carbocycles. The Morgan fingerprint density at radius 3 is 2.61 bits per heavy atom. The molecule has 3 heterocycles. The van der Waals surface area contributed by atoms with Gasteiger partial charge in [-0.1, -0.05) is 17.3 Å². The monoisotopic (exact) mass is 389 g/mol. The number of hydrogen-bond donors (Lipinski definition) is 1. The van der Waals surface area contributed by atoms with Crippen LogP contribution in [0.15, 0.2) is 47.1 Å². The summed E-state index contributed by atoms with van der Waals surface area (Å²) in [4.78, 5) is 17.5. The third kappa shape index (κ3) is 3.19. The number of hydrogen-bond acceptors (Lipinski definition) is 5. The average molecular weight is 389 g/mol. The number of alkyl halides is 3. The smallest absolute Gasteiger partial charge is 0.416 e. The lowest BCUT2D eigenvalue weighted by atomic mass is 10.00. The quantitative estimate of drug-likeness (QED) is 0.729. The van der Waals surface area contributed by atoms with Gasteiger partial charge in [0, 0.05) is 30.3 Å². The fourth-order valence-electron chi connectivity index (χ4n) is 3.25. The van der Waals surface area contributed by atoms with Crippen molar-refractivity contribution in [3.05, 3.63) is 65.0 Å². The minimum atomic E-state index is -4.41. The summed E-state index contributed by atoms with van der Waals surface area (Å²) in [5, 5.41) is 13.4. The molecule has 0 bridgehead atoms. The molecule has 1 aliphatic rings. The summed E-state index contributed by atoms with van der Waals surface area (Å²) in [5.41, 5.74) is 1.00. The Bertz CT molecular complexity index is 1030. The largest absolute Gasteiger partial charge is 0.478 e. The van der Waals surface area contributed by atoms with Gasteiger partial charge in [-0.2, -0.15) is 13.2 Å². The third-order valence-corrected chi connectivity index (χ3v) is 4.63. The van der Waals surface area contributed by atoms with Gasteiger partial charge in [-0.25, -0.2) is 9.78 Å². The molecule has 6 nitrogen and oxygen atoms in total. The molecule has 9 heteroatoms. The van der Waals surface area contributed by atoms with Crippen molar-refractivity contribution in [3.63, 3.8) is 0 Å². The molecule has 0 fully saturated rings. The molecule has 2 aromatic heterocycles. The Morgan fingerprint density at radius 2 is 1.93 bits per heavy atom. The number of rotatable bonds is 3. The van der Waals surface area contributed by atoms with E-state index in [4.69, 9.17) is 4.52 Å². The van der Waals surface area contributed by atoms with E-state index >= 15 is 0 Å². The first-order chi connectivity index (χ1) is 13.3. The van der Waals surface area contributed by atoms with E-state index in [1.165, 1.54) is 24.4 Å². The molecule has 0 radical (unpaired) electrons. The zero-order valence-electron chi connectivity index (χ0n) is 14.4. The minimum absolute atomic E-state index is 0.0819. The highest BCUT2D eigenvalue weighted by Crippen LogP contribution is 2.34. The Kier molecular flexibility index (Phi) is 4.29. The maximum absolute atomic E-state index is 12.8. The molecule has 0 saturated heterocycles. The average Bonchev–Trinajstić information content (AvgIpc) is 3.10. The SMILES string of the molecule is O=C(O)c1cccnc1N1CCc2onc(-c3ccc(C(F)(F)F)cc3)c2C1. The van der Waals surface area contributed by atoms with Gasteiger partial charge in [0.25, 0.3) is 0 Å². The van der Waals surface area contributed by atoms with Gasteiger partial charge in [0.1, 0.15) is 22.8 Å². The van der Waals surface area contributed by atoms with Crippen LogP contribution in [0.25, 0.3) is 11.3 Å². The van der Waals surface area contributed by atoms with E-state index in [1.54, 1.807) is 11.0 Å². The van der Waals surface area contributed by atoms with Crippen molar-refractivity contribution < 1.29 is 27.6 Å². The van der Waals surface area contributed by atoms with Crippen molar-refractivity contribution in [3.8, 4) is 11.3 Å². The first kappa shape index (κ1) is 18.0. The number of carbonyl (C=O) groups is 1. The lowest BCUT2D eigenvalue weighted by Crippen LogP contribution is -2.32. The van der Waals surface area contributed by atoms with Gasteiger partial charge in [0.05, 0.1) is 12.1 Å². The number of benzene rings is 1. The third-order valence-electron chi connectivity index (χ3n) is 4.63.